The van der Waals surface area contributed by atoms with Crippen molar-refractivity contribution in [2.45, 2.75) is 11.8 Å². The van der Waals surface area contributed by atoms with Crippen LogP contribution in [-0.2, 0) is 10.0 Å². The molecule has 23 heavy (non-hydrogen) atoms. The van der Waals surface area contributed by atoms with Gasteiger partial charge in [0.05, 0.1) is 10.6 Å². The standard InChI is InChI=1S/C17H16N2O3S/c1-2-19(13-7-4-3-5-8-13)23(21,22)16-11-10-15(20)17-14(16)9-6-12-18-17/h3-12,20H,2H2,1H3. The number of para-hydroxylation sites is 1. The van der Waals surface area contributed by atoms with E-state index in [1.807, 2.05) is 6.07 Å². The molecule has 1 N–H and O–H groups in total. The Labute approximate surface area is 134 Å². The molecule has 0 radical (unpaired) electrons. The smallest absolute Gasteiger partial charge is 0.264 e. The van der Waals surface area contributed by atoms with Gasteiger partial charge in [-0.2, -0.15) is 0 Å². The van der Waals surface area contributed by atoms with Crippen molar-refractivity contribution in [1.82, 2.24) is 4.98 Å². The fourth-order valence-corrected chi connectivity index (χ4v) is 4.22. The summed E-state index contributed by atoms with van der Waals surface area (Å²) in [6, 6.07) is 15.0. The fourth-order valence-electron chi connectivity index (χ4n) is 2.56. The van der Waals surface area contributed by atoms with Gasteiger partial charge in [0.1, 0.15) is 11.3 Å². The van der Waals surface area contributed by atoms with Gasteiger partial charge in [-0.05, 0) is 43.3 Å². The summed E-state index contributed by atoms with van der Waals surface area (Å²) in [5.41, 5.74) is 0.873. The molecule has 118 valence electrons. The summed E-state index contributed by atoms with van der Waals surface area (Å²) >= 11 is 0. The normalized spacial score (nSPS) is 11.5. The van der Waals surface area contributed by atoms with Gasteiger partial charge in [-0.15, -0.1) is 0 Å². The highest BCUT2D eigenvalue weighted by Gasteiger charge is 2.26. The van der Waals surface area contributed by atoms with Crippen molar-refractivity contribution in [1.29, 1.82) is 0 Å². The molecule has 0 saturated carbocycles. The van der Waals surface area contributed by atoms with Crippen molar-refractivity contribution >= 4 is 26.6 Å². The third-order valence-corrected chi connectivity index (χ3v) is 5.57. The molecule has 0 aliphatic carbocycles. The molecule has 0 unspecified atom stereocenters. The van der Waals surface area contributed by atoms with Crippen LogP contribution in [0.2, 0.25) is 0 Å². The van der Waals surface area contributed by atoms with Crippen LogP contribution in [0, 0.1) is 0 Å². The molecule has 6 heteroatoms. The largest absolute Gasteiger partial charge is 0.506 e. The lowest BCUT2D eigenvalue weighted by Gasteiger charge is -2.23. The van der Waals surface area contributed by atoms with Crippen LogP contribution < -0.4 is 4.31 Å². The molecule has 5 nitrogen and oxygen atoms in total. The first-order chi connectivity index (χ1) is 11.1. The van der Waals surface area contributed by atoms with Crippen molar-refractivity contribution in [3.8, 4) is 5.75 Å². The summed E-state index contributed by atoms with van der Waals surface area (Å²) < 4.78 is 27.6. The lowest BCUT2D eigenvalue weighted by Crippen LogP contribution is -2.30. The van der Waals surface area contributed by atoms with Gasteiger partial charge in [0.25, 0.3) is 10.0 Å². The van der Waals surface area contributed by atoms with Crippen LogP contribution in [-0.4, -0.2) is 25.1 Å². The molecule has 3 aromatic rings. The number of hydrogen-bond donors (Lipinski definition) is 1. The number of phenolic OH excluding ortho intramolecular Hbond substituents is 1. The van der Waals surface area contributed by atoms with Crippen molar-refractivity contribution in [3.63, 3.8) is 0 Å². The number of phenols is 1. The Bertz CT molecular complexity index is 940. The van der Waals surface area contributed by atoms with Crippen LogP contribution in [0.5, 0.6) is 5.75 Å². The Morgan fingerprint density at radius 1 is 1.04 bits per heavy atom. The third kappa shape index (κ3) is 2.61. The number of fused-ring (bicyclic) bond motifs is 1. The predicted octanol–water partition coefficient (Wildman–Crippen LogP) is 3.16. The minimum atomic E-state index is -3.77. The highest BCUT2D eigenvalue weighted by Crippen LogP contribution is 2.32. The van der Waals surface area contributed by atoms with Crippen LogP contribution in [0.1, 0.15) is 6.92 Å². The highest BCUT2D eigenvalue weighted by molar-refractivity contribution is 7.93. The molecular formula is C17H16N2O3S. The van der Waals surface area contributed by atoms with E-state index < -0.39 is 10.0 Å². The molecular weight excluding hydrogens is 312 g/mol. The molecule has 2 aromatic carbocycles. The maximum absolute atomic E-state index is 13.1. The van der Waals surface area contributed by atoms with Crippen molar-refractivity contribution in [3.05, 3.63) is 60.8 Å². The van der Waals surface area contributed by atoms with Gasteiger partial charge in [-0.1, -0.05) is 18.2 Å². The lowest BCUT2D eigenvalue weighted by atomic mass is 10.2. The minimum Gasteiger partial charge on any atom is -0.506 e. The summed E-state index contributed by atoms with van der Waals surface area (Å²) in [5.74, 6) is -0.0395. The number of benzene rings is 2. The molecule has 0 aliphatic heterocycles. The summed E-state index contributed by atoms with van der Waals surface area (Å²) in [7, 11) is -3.77. The van der Waals surface area contributed by atoms with Gasteiger partial charge >= 0.3 is 0 Å². The Kier molecular flexibility index (Phi) is 3.92. The second-order valence-electron chi connectivity index (χ2n) is 4.99. The summed E-state index contributed by atoms with van der Waals surface area (Å²) in [6.07, 6.45) is 1.52. The van der Waals surface area contributed by atoms with Gasteiger partial charge in [0, 0.05) is 18.1 Å². The van der Waals surface area contributed by atoms with Crippen molar-refractivity contribution in [2.24, 2.45) is 0 Å². The summed E-state index contributed by atoms with van der Waals surface area (Å²) in [5, 5.41) is 10.3. The topological polar surface area (TPSA) is 70.5 Å². The summed E-state index contributed by atoms with van der Waals surface area (Å²) in [4.78, 5) is 4.21. The van der Waals surface area contributed by atoms with E-state index in [2.05, 4.69) is 4.98 Å². The highest BCUT2D eigenvalue weighted by atomic mass is 32.2. The van der Waals surface area contributed by atoms with E-state index in [0.29, 0.717) is 17.6 Å². The number of aromatic hydroxyl groups is 1. The number of hydrogen-bond acceptors (Lipinski definition) is 4. The van der Waals surface area contributed by atoms with E-state index in [-0.39, 0.29) is 16.2 Å². The number of pyridine rings is 1. The first kappa shape index (κ1) is 15.3. The second kappa shape index (κ2) is 5.89. The summed E-state index contributed by atoms with van der Waals surface area (Å²) in [6.45, 7) is 2.08. The van der Waals surface area contributed by atoms with E-state index in [1.165, 1.54) is 22.6 Å². The quantitative estimate of drug-likeness (QED) is 0.798. The Morgan fingerprint density at radius 2 is 1.78 bits per heavy atom. The van der Waals surface area contributed by atoms with E-state index in [9.17, 15) is 13.5 Å². The van der Waals surface area contributed by atoms with Crippen LogP contribution >= 0.6 is 0 Å². The molecule has 0 spiro atoms. The lowest BCUT2D eigenvalue weighted by molar-refractivity contribution is 0.480. The van der Waals surface area contributed by atoms with Crippen LogP contribution in [0.4, 0.5) is 5.69 Å². The maximum atomic E-state index is 13.1. The third-order valence-electron chi connectivity index (χ3n) is 3.61. The molecule has 0 amide bonds. The zero-order valence-corrected chi connectivity index (χ0v) is 13.4. The predicted molar refractivity (Wildman–Crippen MR) is 90.1 cm³/mol. The maximum Gasteiger partial charge on any atom is 0.264 e. The number of aromatic nitrogens is 1. The monoisotopic (exact) mass is 328 g/mol. The zero-order valence-electron chi connectivity index (χ0n) is 12.5. The molecule has 0 bridgehead atoms. The first-order valence-corrected chi connectivity index (χ1v) is 8.64. The SMILES string of the molecule is CCN(c1ccccc1)S(=O)(=O)c1ccc(O)c2ncccc12. The number of sulfonamides is 1. The zero-order chi connectivity index (χ0) is 16.4. The Morgan fingerprint density at radius 3 is 2.48 bits per heavy atom. The van der Waals surface area contributed by atoms with E-state index in [4.69, 9.17) is 0 Å². The van der Waals surface area contributed by atoms with E-state index in [0.717, 1.165) is 0 Å². The van der Waals surface area contributed by atoms with Crippen molar-refractivity contribution in [2.75, 3.05) is 10.8 Å². The molecule has 3 rings (SSSR count). The molecule has 0 atom stereocenters. The van der Waals surface area contributed by atoms with Gasteiger partial charge in [-0.25, -0.2) is 8.42 Å². The Hall–Kier alpha value is -2.60. The van der Waals surface area contributed by atoms with Crippen LogP contribution in [0.25, 0.3) is 10.9 Å². The van der Waals surface area contributed by atoms with Gasteiger partial charge in [0.15, 0.2) is 0 Å². The average molecular weight is 328 g/mol. The van der Waals surface area contributed by atoms with Gasteiger partial charge in [-0.3, -0.25) is 9.29 Å². The molecule has 0 fully saturated rings. The van der Waals surface area contributed by atoms with Gasteiger partial charge in [0.2, 0.25) is 0 Å². The number of anilines is 1. The average Bonchev–Trinajstić information content (AvgIpc) is 2.56. The molecule has 0 aliphatic rings. The fraction of sp³-hybridized carbons (Fsp3) is 0.118. The van der Waals surface area contributed by atoms with E-state index >= 15 is 0 Å². The molecule has 1 aromatic heterocycles. The van der Waals surface area contributed by atoms with Gasteiger partial charge < -0.3 is 5.11 Å². The first-order valence-electron chi connectivity index (χ1n) is 7.20. The molecule has 0 saturated heterocycles. The Balaban J connectivity index is 2.22. The molecule has 1 heterocycles. The van der Waals surface area contributed by atoms with E-state index in [1.54, 1.807) is 43.3 Å². The van der Waals surface area contributed by atoms with Crippen LogP contribution in [0.3, 0.4) is 0 Å². The number of rotatable bonds is 4. The second-order valence-corrected chi connectivity index (χ2v) is 6.82. The van der Waals surface area contributed by atoms with Crippen molar-refractivity contribution < 1.29 is 13.5 Å². The van der Waals surface area contributed by atoms with Crippen LogP contribution in [0.15, 0.2) is 65.7 Å². The minimum absolute atomic E-state index is 0.0395. The number of nitrogens with zero attached hydrogens (tertiary/aromatic N) is 2.